The molecule has 7 nitrogen and oxygen atoms in total. The van der Waals surface area contributed by atoms with Crippen molar-refractivity contribution in [2.24, 2.45) is 13.0 Å². The molecule has 2 aromatic heterocycles. The van der Waals surface area contributed by atoms with Crippen LogP contribution in [0.5, 0.6) is 5.75 Å². The number of para-hydroxylation sites is 2. The van der Waals surface area contributed by atoms with Gasteiger partial charge in [-0.1, -0.05) is 55.7 Å². The molecule has 0 radical (unpaired) electrons. The first-order chi connectivity index (χ1) is 19.5. The van der Waals surface area contributed by atoms with Crippen molar-refractivity contribution >= 4 is 22.7 Å². The lowest BCUT2D eigenvalue weighted by Crippen LogP contribution is -2.38. The van der Waals surface area contributed by atoms with E-state index >= 15 is 0 Å². The van der Waals surface area contributed by atoms with Gasteiger partial charge in [0.1, 0.15) is 5.52 Å². The van der Waals surface area contributed by atoms with Crippen molar-refractivity contribution in [2.75, 3.05) is 0 Å². The van der Waals surface area contributed by atoms with Gasteiger partial charge in [0.2, 0.25) is 0 Å². The monoisotopic (exact) mass is 579 g/mol. The topological polar surface area (TPSA) is 78.5 Å². The number of halogens is 1. The minimum atomic E-state index is -0.502. The minimum absolute atomic E-state index is 0.117. The summed E-state index contributed by atoms with van der Waals surface area (Å²) in [5.41, 5.74) is 8.87. The van der Waals surface area contributed by atoms with Crippen LogP contribution in [0.2, 0.25) is 5.35 Å². The first kappa shape index (κ1) is 30.8. The summed E-state index contributed by atoms with van der Waals surface area (Å²) in [5, 5.41) is 3.53. The molecule has 1 saturated heterocycles. The molecule has 1 saturated carbocycles. The van der Waals surface area contributed by atoms with Crippen molar-refractivity contribution < 1.29 is 13.9 Å². The van der Waals surface area contributed by atoms with Crippen LogP contribution in [-0.4, -0.2) is 28.1 Å². The van der Waals surface area contributed by atoms with Crippen LogP contribution in [0.4, 0.5) is 0 Å². The van der Waals surface area contributed by atoms with Gasteiger partial charge in [0, 0.05) is 24.7 Å². The van der Waals surface area contributed by atoms with Crippen LogP contribution in [0.15, 0.2) is 74.5 Å². The van der Waals surface area contributed by atoms with Crippen LogP contribution in [-0.2, 0) is 11.8 Å². The summed E-state index contributed by atoms with van der Waals surface area (Å²) in [5.74, 6) is 0.895. The highest BCUT2D eigenvalue weighted by atomic mass is 35.5. The Morgan fingerprint density at radius 2 is 1.83 bits per heavy atom. The van der Waals surface area contributed by atoms with Crippen LogP contribution in [0.25, 0.3) is 11.1 Å². The smallest absolute Gasteiger partial charge is 0.293 e. The van der Waals surface area contributed by atoms with E-state index in [2.05, 4.69) is 50.7 Å². The van der Waals surface area contributed by atoms with Crippen molar-refractivity contribution in [3.63, 3.8) is 0 Å². The van der Waals surface area contributed by atoms with E-state index in [1.165, 1.54) is 35.1 Å². The fourth-order valence-electron chi connectivity index (χ4n) is 5.35. The second kappa shape index (κ2) is 13.2. The highest BCUT2D eigenvalue weighted by molar-refractivity contribution is 6.28. The third kappa shape index (κ3) is 7.21. The van der Waals surface area contributed by atoms with Gasteiger partial charge in [0.15, 0.2) is 11.3 Å². The molecule has 4 atom stereocenters. The average Bonchev–Trinajstić information content (AvgIpc) is 3.55. The average molecular weight is 580 g/mol. The third-order valence-corrected chi connectivity index (χ3v) is 8.69. The molecule has 6 rings (SSSR count). The van der Waals surface area contributed by atoms with Crippen molar-refractivity contribution in [2.45, 2.75) is 85.8 Å². The number of pyridine rings is 1. The Balaban J connectivity index is 0.000000156. The molecule has 3 aromatic rings. The Morgan fingerprint density at radius 1 is 1.12 bits per heavy atom. The van der Waals surface area contributed by atoms with Crippen LogP contribution in [0.3, 0.4) is 0 Å². The highest BCUT2D eigenvalue weighted by Crippen LogP contribution is 2.32. The first-order valence-electron chi connectivity index (χ1n) is 14.3. The third-order valence-electron chi connectivity index (χ3n) is 8.52. The molecule has 220 valence electrons. The van der Waals surface area contributed by atoms with Gasteiger partial charge in [-0.3, -0.25) is 10.1 Å². The van der Waals surface area contributed by atoms with Gasteiger partial charge in [-0.25, -0.2) is 0 Å². The van der Waals surface area contributed by atoms with E-state index in [1.807, 2.05) is 38.1 Å². The molecule has 2 aliphatic carbocycles. The number of ether oxygens (including phenoxy) is 2. The van der Waals surface area contributed by atoms with E-state index in [0.717, 1.165) is 35.2 Å². The summed E-state index contributed by atoms with van der Waals surface area (Å²) in [6.07, 6.45) is 6.58. The van der Waals surface area contributed by atoms with Gasteiger partial charge in [-0.15, -0.1) is 0 Å². The summed E-state index contributed by atoms with van der Waals surface area (Å²) in [7, 11) is 1.76. The number of hydrogen-bond acceptors (Lipinski definition) is 6. The van der Waals surface area contributed by atoms with Crippen LogP contribution in [0, 0.1) is 19.8 Å². The Bertz CT molecular complexity index is 1490. The second-order valence-corrected chi connectivity index (χ2v) is 11.5. The number of rotatable bonds is 2. The second-order valence-electron chi connectivity index (χ2n) is 11.2. The van der Waals surface area contributed by atoms with Crippen LogP contribution in [0.1, 0.15) is 64.6 Å². The molecule has 8 heteroatoms. The normalized spacial score (nSPS) is 23.7. The Morgan fingerprint density at radius 3 is 2.54 bits per heavy atom. The highest BCUT2D eigenvalue weighted by Gasteiger charge is 2.37. The molecular weight excluding hydrogens is 538 g/mol. The summed E-state index contributed by atoms with van der Waals surface area (Å²) in [6.45, 7) is 16.7. The lowest BCUT2D eigenvalue weighted by molar-refractivity contribution is -0.0865. The largest absolute Gasteiger partial charge is 0.445 e. The maximum absolute atomic E-state index is 12.2. The number of oxazole rings is 1. The molecular formula is C33H42ClN3O4. The lowest BCUT2D eigenvalue weighted by Gasteiger charge is -2.23. The number of fused-ring (bicyclic) bond motifs is 2. The van der Waals surface area contributed by atoms with E-state index in [-0.39, 0.29) is 17.0 Å². The summed E-state index contributed by atoms with van der Waals surface area (Å²) < 4.78 is 18.2. The van der Waals surface area contributed by atoms with Gasteiger partial charge in [-0.2, -0.15) is 4.98 Å². The maximum Gasteiger partial charge on any atom is 0.293 e. The van der Waals surface area contributed by atoms with Gasteiger partial charge in [0.25, 0.3) is 17.3 Å². The zero-order chi connectivity index (χ0) is 29.8. The predicted molar refractivity (Wildman–Crippen MR) is 165 cm³/mol. The minimum Gasteiger partial charge on any atom is -0.445 e. The Labute approximate surface area is 247 Å². The zero-order valence-electron chi connectivity index (χ0n) is 25.2. The molecule has 0 bridgehead atoms. The number of benzene rings is 1. The molecule has 1 N–H and O–H groups in total. The lowest BCUT2D eigenvalue weighted by atomic mass is 9.83. The summed E-state index contributed by atoms with van der Waals surface area (Å²) in [4.78, 5) is 16.1. The molecule has 0 spiro atoms. The van der Waals surface area contributed by atoms with E-state index < -0.39 is 6.41 Å². The molecule has 3 heterocycles. The Kier molecular flexibility index (Phi) is 9.95. The molecule has 1 aromatic carbocycles. The number of nitrogens with zero attached hydrogens (tertiary/aromatic N) is 2. The number of allylic oxidation sites excluding steroid dienone is 5. The number of hydrogen-bond donors (Lipinski definition) is 1. The predicted octanol–water partition coefficient (Wildman–Crippen LogP) is 7.55. The summed E-state index contributed by atoms with van der Waals surface area (Å²) >= 11 is 5.51. The number of aryl methyl sites for hydroxylation is 1. The van der Waals surface area contributed by atoms with E-state index in [4.69, 9.17) is 25.5 Å². The van der Waals surface area contributed by atoms with E-state index in [9.17, 15) is 4.79 Å². The molecule has 4 unspecified atom stereocenters. The van der Waals surface area contributed by atoms with Crippen molar-refractivity contribution in [1.29, 1.82) is 0 Å². The van der Waals surface area contributed by atoms with Crippen molar-refractivity contribution in [3.8, 4) is 5.75 Å². The number of nitrogens with one attached hydrogen (secondary N) is 1. The Hall–Kier alpha value is -3.13. The fraction of sp³-hybridized carbons (Fsp3) is 0.455. The first-order valence-corrected chi connectivity index (χ1v) is 14.6. The van der Waals surface area contributed by atoms with E-state index in [1.54, 1.807) is 17.7 Å². The molecule has 1 aliphatic heterocycles. The van der Waals surface area contributed by atoms with Crippen molar-refractivity contribution in [1.82, 2.24) is 14.9 Å². The van der Waals surface area contributed by atoms with Crippen LogP contribution < -0.4 is 15.6 Å². The number of aromatic nitrogens is 2. The van der Waals surface area contributed by atoms with Gasteiger partial charge in [-0.05, 0) is 94.0 Å². The summed E-state index contributed by atoms with van der Waals surface area (Å²) in [6, 6.07) is 9.61. The molecule has 0 amide bonds. The maximum atomic E-state index is 12.2. The molecule has 2 fully saturated rings. The van der Waals surface area contributed by atoms with Crippen LogP contribution >= 0.6 is 11.6 Å². The zero-order valence-corrected chi connectivity index (χ0v) is 26.0. The van der Waals surface area contributed by atoms with Crippen molar-refractivity contribution in [3.05, 3.63) is 92.2 Å². The standard InChI is InChI=1S/C15H22N2O3.C11H16.C7H4ClNO/c1-9-8-13(14(18)17(3)10(9)2)20-15-16-11-6-4-5-7-12(11)19-15;1-7-6-8(2)10(4)11(5)9(7)3;8-7-9-5-3-1-2-4-6(5)10-7/h8,11-12,15-16H,4-7H2,1-3H3;6,11H,3H2,1-2,4-5H3;1-4H. The molecule has 3 aliphatic rings. The van der Waals surface area contributed by atoms with Gasteiger partial charge >= 0.3 is 0 Å². The van der Waals surface area contributed by atoms with Gasteiger partial charge < -0.3 is 18.5 Å². The fourth-order valence-corrected chi connectivity index (χ4v) is 5.52. The quantitative estimate of drug-likeness (QED) is 0.338. The molecule has 41 heavy (non-hydrogen) atoms. The SMILES string of the molecule is C=C1C(C)=CC(C)=C(C)C1C.Cc1cc(OC2NC3CCCCC3O2)c(=O)n(C)c1C.Clc1nc2ccccc2o1. The van der Waals surface area contributed by atoms with Gasteiger partial charge in [0.05, 0.1) is 6.10 Å². The van der Waals surface area contributed by atoms with E-state index in [0.29, 0.717) is 17.7 Å².